The fraction of sp³-hybridized carbons (Fsp3) is 0.171. The van der Waals surface area contributed by atoms with E-state index in [2.05, 4.69) is 152 Å². The van der Waals surface area contributed by atoms with E-state index < -0.39 is 0 Å². The zero-order valence-electron chi connectivity index (χ0n) is 24.6. The molecule has 2 heteroatoms. The number of benzene rings is 5. The molecule has 0 bridgehead atoms. The number of nitrogens with two attached hydrogens (primary N) is 1. The number of hydrogen-bond acceptors (Lipinski definition) is 2. The maximum atomic E-state index is 7.25. The van der Waals surface area contributed by atoms with Crippen molar-refractivity contribution in [2.75, 3.05) is 12.3 Å². The van der Waals surface area contributed by atoms with Crippen molar-refractivity contribution in [3.05, 3.63) is 162 Å². The Morgan fingerprint density at radius 1 is 0.721 bits per heavy atom. The Kier molecular flexibility index (Phi) is 5.94. The average Bonchev–Trinajstić information content (AvgIpc) is 3.91. The van der Waals surface area contributed by atoms with Gasteiger partial charge >= 0.3 is 0 Å². The summed E-state index contributed by atoms with van der Waals surface area (Å²) in [7, 11) is 0. The molecule has 8 rings (SSSR count). The van der Waals surface area contributed by atoms with Crippen LogP contribution in [0.25, 0.3) is 33.4 Å². The van der Waals surface area contributed by atoms with Crippen molar-refractivity contribution in [1.29, 1.82) is 0 Å². The summed E-state index contributed by atoms with van der Waals surface area (Å²) < 4.78 is 0. The predicted molar refractivity (Wildman–Crippen MR) is 180 cm³/mol. The number of allylic oxidation sites excluding steroid dienone is 3. The molecule has 5 aromatic carbocycles. The van der Waals surface area contributed by atoms with Crippen molar-refractivity contribution >= 4 is 5.69 Å². The van der Waals surface area contributed by atoms with Crippen LogP contribution in [0.4, 0.5) is 5.69 Å². The van der Waals surface area contributed by atoms with Gasteiger partial charge in [0.2, 0.25) is 0 Å². The van der Waals surface area contributed by atoms with Crippen LogP contribution < -0.4 is 11.1 Å². The zero-order valence-corrected chi connectivity index (χ0v) is 24.6. The maximum Gasteiger partial charge on any atom is 0.0439 e. The highest BCUT2D eigenvalue weighted by Crippen LogP contribution is 2.60. The first kappa shape index (κ1) is 25.9. The molecule has 2 saturated carbocycles. The summed E-state index contributed by atoms with van der Waals surface area (Å²) in [6, 6.07) is 45.6. The van der Waals surface area contributed by atoms with E-state index in [-0.39, 0.29) is 10.8 Å². The Morgan fingerprint density at radius 3 is 2.05 bits per heavy atom. The second-order valence-corrected chi connectivity index (χ2v) is 12.7. The lowest BCUT2D eigenvalue weighted by Gasteiger charge is -2.25. The molecule has 3 aliphatic carbocycles. The summed E-state index contributed by atoms with van der Waals surface area (Å²) in [5, 5.41) is 3.86. The summed E-state index contributed by atoms with van der Waals surface area (Å²) >= 11 is 0. The van der Waals surface area contributed by atoms with Gasteiger partial charge < -0.3 is 11.1 Å². The number of anilines is 1. The van der Waals surface area contributed by atoms with Gasteiger partial charge in [-0.2, -0.15) is 0 Å². The minimum absolute atomic E-state index is 0.0179. The number of fused-ring (bicyclic) bond motifs is 1. The maximum absolute atomic E-state index is 7.25. The van der Waals surface area contributed by atoms with Gasteiger partial charge in [0.1, 0.15) is 0 Å². The molecule has 210 valence electrons. The van der Waals surface area contributed by atoms with Gasteiger partial charge in [-0.05, 0) is 75.9 Å². The first-order valence-corrected chi connectivity index (χ1v) is 15.4. The summed E-state index contributed by atoms with van der Waals surface area (Å²) in [6.45, 7) is 3.25. The fourth-order valence-electron chi connectivity index (χ4n) is 7.45. The lowest BCUT2D eigenvalue weighted by atomic mass is 9.84. The number of nitrogens with one attached hydrogen (secondary N) is 1. The molecule has 3 atom stereocenters. The molecule has 0 heterocycles. The Labute approximate surface area is 254 Å². The molecule has 3 aliphatic rings. The SMILES string of the molecule is C[C@@H]1CC1(CNC1=C[C@@]2(c3ccccc3)CC2=C1)c1ccc(-c2cccc(-c3ccccc3)c2)c(-c2ccccc2)c1N. The van der Waals surface area contributed by atoms with Crippen LogP contribution in [0, 0.1) is 5.92 Å². The molecular formula is C41H36N2. The second-order valence-electron chi connectivity index (χ2n) is 12.7. The molecular weight excluding hydrogens is 520 g/mol. The van der Waals surface area contributed by atoms with Crippen LogP contribution in [0.5, 0.6) is 0 Å². The van der Waals surface area contributed by atoms with Gasteiger partial charge in [0.25, 0.3) is 0 Å². The van der Waals surface area contributed by atoms with Crippen molar-refractivity contribution in [2.24, 2.45) is 5.92 Å². The van der Waals surface area contributed by atoms with Crippen LogP contribution >= 0.6 is 0 Å². The normalized spacial score (nSPS) is 23.2. The molecule has 0 amide bonds. The first-order valence-electron chi connectivity index (χ1n) is 15.4. The van der Waals surface area contributed by atoms with Gasteiger partial charge in [0, 0.05) is 34.3 Å². The number of hydrogen-bond donors (Lipinski definition) is 2. The highest BCUT2D eigenvalue weighted by atomic mass is 14.9. The van der Waals surface area contributed by atoms with Crippen LogP contribution in [0.15, 0.2) is 151 Å². The van der Waals surface area contributed by atoms with Crippen LogP contribution in [-0.2, 0) is 10.8 Å². The Hall–Kier alpha value is -4.82. The van der Waals surface area contributed by atoms with Gasteiger partial charge in [-0.1, -0.05) is 134 Å². The van der Waals surface area contributed by atoms with Crippen LogP contribution in [0.3, 0.4) is 0 Å². The molecule has 0 spiro atoms. The summed E-state index contributed by atoms with van der Waals surface area (Å²) in [4.78, 5) is 0. The molecule has 0 radical (unpaired) electrons. The average molecular weight is 557 g/mol. The van der Waals surface area contributed by atoms with Crippen molar-refractivity contribution in [1.82, 2.24) is 5.32 Å². The molecule has 3 N–H and O–H groups in total. The van der Waals surface area contributed by atoms with E-state index in [1.165, 1.54) is 44.7 Å². The Morgan fingerprint density at radius 2 is 1.35 bits per heavy atom. The van der Waals surface area contributed by atoms with Crippen molar-refractivity contribution in [3.8, 4) is 33.4 Å². The Bertz CT molecular complexity index is 1890. The standard InChI is InChI=1S/C41H36N2/c1-28-24-41(28,27-43-35-23-34-25-40(34,26-35)33-18-9-4-10-19-33)37-21-20-36(38(39(37)42)30-14-7-3-8-15-30)32-17-11-16-31(22-32)29-12-5-2-6-13-29/h2-23,26,28,43H,24-25,27,42H2,1H3/t28-,40-,41?/m1/s1. The minimum Gasteiger partial charge on any atom is -0.398 e. The Balaban J connectivity index is 1.15. The molecule has 43 heavy (non-hydrogen) atoms. The largest absolute Gasteiger partial charge is 0.398 e. The van der Waals surface area contributed by atoms with E-state index in [4.69, 9.17) is 5.73 Å². The molecule has 0 saturated heterocycles. The third-order valence-corrected chi connectivity index (χ3v) is 10.1. The van der Waals surface area contributed by atoms with Gasteiger partial charge in [0.05, 0.1) is 0 Å². The smallest absolute Gasteiger partial charge is 0.0439 e. The van der Waals surface area contributed by atoms with E-state index in [1.54, 1.807) is 0 Å². The molecule has 2 nitrogen and oxygen atoms in total. The number of nitrogen functional groups attached to an aromatic ring is 1. The van der Waals surface area contributed by atoms with E-state index in [0.29, 0.717) is 5.92 Å². The lowest BCUT2D eigenvalue weighted by molar-refractivity contribution is 0.588. The highest BCUT2D eigenvalue weighted by Gasteiger charge is 2.55. The fourth-order valence-corrected chi connectivity index (χ4v) is 7.45. The molecule has 0 aromatic heterocycles. The second kappa shape index (κ2) is 9.88. The highest BCUT2D eigenvalue weighted by molar-refractivity contribution is 5.94. The van der Waals surface area contributed by atoms with Crippen LogP contribution in [0.2, 0.25) is 0 Å². The van der Waals surface area contributed by atoms with Gasteiger partial charge in [-0.25, -0.2) is 0 Å². The quantitative estimate of drug-likeness (QED) is 0.187. The van der Waals surface area contributed by atoms with Gasteiger partial charge in [-0.15, -0.1) is 0 Å². The van der Waals surface area contributed by atoms with Crippen molar-refractivity contribution in [3.63, 3.8) is 0 Å². The minimum atomic E-state index is 0.0179. The van der Waals surface area contributed by atoms with E-state index in [9.17, 15) is 0 Å². The summed E-state index contributed by atoms with van der Waals surface area (Å²) in [5.41, 5.74) is 20.8. The number of rotatable bonds is 8. The third kappa shape index (κ3) is 4.32. The first-order chi connectivity index (χ1) is 21.1. The topological polar surface area (TPSA) is 38.0 Å². The van der Waals surface area contributed by atoms with Crippen molar-refractivity contribution < 1.29 is 0 Å². The van der Waals surface area contributed by atoms with E-state index in [0.717, 1.165) is 36.2 Å². The lowest BCUT2D eigenvalue weighted by Crippen LogP contribution is -2.28. The molecule has 2 fully saturated rings. The van der Waals surface area contributed by atoms with Gasteiger partial charge in [0.15, 0.2) is 0 Å². The third-order valence-electron chi connectivity index (χ3n) is 10.1. The molecule has 0 aliphatic heterocycles. The summed E-state index contributed by atoms with van der Waals surface area (Å²) in [5.74, 6) is 0.561. The van der Waals surface area contributed by atoms with Crippen molar-refractivity contribution in [2.45, 2.75) is 30.6 Å². The van der Waals surface area contributed by atoms with Crippen LogP contribution in [0.1, 0.15) is 30.9 Å². The molecule has 1 unspecified atom stereocenters. The monoisotopic (exact) mass is 556 g/mol. The zero-order chi connectivity index (χ0) is 29.0. The van der Waals surface area contributed by atoms with E-state index in [1.807, 2.05) is 0 Å². The summed E-state index contributed by atoms with van der Waals surface area (Å²) in [6.07, 6.45) is 7.09. The predicted octanol–water partition coefficient (Wildman–Crippen LogP) is 9.30. The van der Waals surface area contributed by atoms with Crippen LogP contribution in [-0.4, -0.2) is 6.54 Å². The van der Waals surface area contributed by atoms with E-state index >= 15 is 0 Å². The molecule has 5 aromatic rings. The van der Waals surface area contributed by atoms with Gasteiger partial charge in [-0.3, -0.25) is 0 Å².